The van der Waals surface area contributed by atoms with E-state index in [9.17, 15) is 14.4 Å². The zero-order chi connectivity index (χ0) is 22.3. The van der Waals surface area contributed by atoms with E-state index in [-0.39, 0.29) is 46.7 Å². The molecule has 0 fully saturated rings. The molecule has 0 radical (unpaired) electrons. The van der Waals surface area contributed by atoms with Crippen LogP contribution in [0.25, 0.3) is 11.0 Å². The summed E-state index contributed by atoms with van der Waals surface area (Å²) < 4.78 is 12.8. The lowest BCUT2D eigenvalue weighted by atomic mass is 9.88. The first-order valence-electron chi connectivity index (χ1n) is 9.33. The standard InChI is InChI=1S/C22H18BrN3O5/c1-11(27)26-15-9-13(23)4-5-14(15)25-22(26)24-10-12-8-16(28)19-17(30-2)6-7-18(31-3)20(19)21(12)29/h4-9H,10H2,1-3H3,(H,24,25). The molecule has 9 heteroatoms. The Morgan fingerprint density at radius 3 is 2.42 bits per heavy atom. The van der Waals surface area contributed by atoms with E-state index in [1.165, 1.54) is 31.8 Å². The highest BCUT2D eigenvalue weighted by Crippen LogP contribution is 2.36. The van der Waals surface area contributed by atoms with Gasteiger partial charge in [-0.3, -0.25) is 14.4 Å². The van der Waals surface area contributed by atoms with E-state index in [1.807, 2.05) is 6.07 Å². The monoisotopic (exact) mass is 483 g/mol. The summed E-state index contributed by atoms with van der Waals surface area (Å²) in [7, 11) is 2.87. The van der Waals surface area contributed by atoms with Gasteiger partial charge in [0.25, 0.3) is 0 Å². The second kappa shape index (κ2) is 7.99. The van der Waals surface area contributed by atoms with Gasteiger partial charge in [-0.05, 0) is 36.4 Å². The van der Waals surface area contributed by atoms with Crippen LogP contribution in [0.1, 0.15) is 32.4 Å². The lowest BCUT2D eigenvalue weighted by molar-refractivity contribution is 0.0942. The summed E-state index contributed by atoms with van der Waals surface area (Å²) in [6.45, 7) is 1.43. The Bertz CT molecular complexity index is 1290. The fraction of sp³-hybridized carbons (Fsp3) is 0.182. The Labute approximate surface area is 186 Å². The van der Waals surface area contributed by atoms with Gasteiger partial charge in [0, 0.05) is 23.5 Å². The Hall–Kier alpha value is -3.46. The Balaban J connectivity index is 1.70. The van der Waals surface area contributed by atoms with Gasteiger partial charge >= 0.3 is 0 Å². The van der Waals surface area contributed by atoms with Crippen molar-refractivity contribution in [3.63, 3.8) is 0 Å². The third kappa shape index (κ3) is 3.50. The quantitative estimate of drug-likeness (QED) is 0.587. The van der Waals surface area contributed by atoms with Gasteiger partial charge in [0.05, 0.1) is 36.4 Å². The molecule has 158 valence electrons. The van der Waals surface area contributed by atoms with E-state index in [0.29, 0.717) is 22.5 Å². The Morgan fingerprint density at radius 1 is 1.10 bits per heavy atom. The predicted molar refractivity (Wildman–Crippen MR) is 119 cm³/mol. The summed E-state index contributed by atoms with van der Waals surface area (Å²) >= 11 is 3.40. The molecular formula is C22H18BrN3O5. The first-order chi connectivity index (χ1) is 14.8. The van der Waals surface area contributed by atoms with E-state index >= 15 is 0 Å². The first kappa shape index (κ1) is 20.8. The van der Waals surface area contributed by atoms with Crippen LogP contribution in [0.15, 0.2) is 46.5 Å². The van der Waals surface area contributed by atoms with Gasteiger partial charge < -0.3 is 14.8 Å². The molecule has 2 aromatic carbocycles. The number of carbonyl (C=O) groups is 3. The van der Waals surface area contributed by atoms with Gasteiger partial charge in [0.1, 0.15) is 11.5 Å². The van der Waals surface area contributed by atoms with Crippen molar-refractivity contribution in [1.29, 1.82) is 0 Å². The fourth-order valence-electron chi connectivity index (χ4n) is 3.62. The molecular weight excluding hydrogens is 466 g/mol. The molecule has 31 heavy (non-hydrogen) atoms. The van der Waals surface area contributed by atoms with Gasteiger partial charge in [-0.1, -0.05) is 15.9 Å². The molecule has 0 unspecified atom stereocenters. The third-order valence-electron chi connectivity index (χ3n) is 5.01. The van der Waals surface area contributed by atoms with Crippen LogP contribution in [0.2, 0.25) is 0 Å². The van der Waals surface area contributed by atoms with Crippen molar-refractivity contribution in [2.75, 3.05) is 26.1 Å². The normalized spacial score (nSPS) is 13.1. The van der Waals surface area contributed by atoms with Gasteiger partial charge in [-0.15, -0.1) is 0 Å². The van der Waals surface area contributed by atoms with E-state index in [0.717, 1.165) is 4.47 Å². The number of Topliss-reactive ketones (excluding diaryl/α,β-unsaturated/α-hetero) is 1. The molecule has 1 aliphatic carbocycles. The summed E-state index contributed by atoms with van der Waals surface area (Å²) in [6.07, 6.45) is 1.27. The van der Waals surface area contributed by atoms with Crippen molar-refractivity contribution in [2.45, 2.75) is 6.92 Å². The van der Waals surface area contributed by atoms with Gasteiger partial charge in [0.2, 0.25) is 11.9 Å². The van der Waals surface area contributed by atoms with Crippen LogP contribution in [-0.4, -0.2) is 47.8 Å². The summed E-state index contributed by atoms with van der Waals surface area (Å²) in [5.41, 5.74) is 1.82. The van der Waals surface area contributed by atoms with Crippen molar-refractivity contribution in [1.82, 2.24) is 9.55 Å². The molecule has 3 aromatic rings. The minimum Gasteiger partial charge on any atom is -0.496 e. The van der Waals surface area contributed by atoms with Gasteiger partial charge in [-0.2, -0.15) is 0 Å². The molecule has 0 saturated heterocycles. The maximum absolute atomic E-state index is 13.2. The summed E-state index contributed by atoms with van der Waals surface area (Å²) in [4.78, 5) is 42.6. The average molecular weight is 484 g/mol. The number of ether oxygens (including phenoxy) is 2. The first-order valence-corrected chi connectivity index (χ1v) is 10.1. The number of hydrogen-bond donors (Lipinski definition) is 1. The van der Waals surface area contributed by atoms with Crippen molar-refractivity contribution in [3.05, 3.63) is 57.6 Å². The highest BCUT2D eigenvalue weighted by atomic mass is 79.9. The van der Waals surface area contributed by atoms with Crippen LogP contribution in [0.4, 0.5) is 5.95 Å². The minimum atomic E-state index is -0.355. The van der Waals surface area contributed by atoms with Crippen LogP contribution >= 0.6 is 15.9 Å². The summed E-state index contributed by atoms with van der Waals surface area (Å²) in [5, 5.41) is 3.02. The van der Waals surface area contributed by atoms with Crippen molar-refractivity contribution in [3.8, 4) is 11.5 Å². The van der Waals surface area contributed by atoms with Crippen molar-refractivity contribution in [2.24, 2.45) is 0 Å². The molecule has 1 aliphatic rings. The highest BCUT2D eigenvalue weighted by Gasteiger charge is 2.32. The maximum atomic E-state index is 13.2. The molecule has 4 rings (SSSR count). The number of benzene rings is 2. The number of aromatic nitrogens is 2. The largest absolute Gasteiger partial charge is 0.496 e. The van der Waals surface area contributed by atoms with Crippen molar-refractivity contribution >= 4 is 50.4 Å². The number of imidazole rings is 1. The minimum absolute atomic E-state index is 0.00213. The second-order valence-electron chi connectivity index (χ2n) is 6.86. The van der Waals surface area contributed by atoms with E-state index in [4.69, 9.17) is 9.47 Å². The predicted octanol–water partition coefficient (Wildman–Crippen LogP) is 3.89. The van der Waals surface area contributed by atoms with Crippen LogP contribution in [0, 0.1) is 0 Å². The molecule has 0 bridgehead atoms. The topological polar surface area (TPSA) is 99.5 Å². The number of nitrogens with zero attached hydrogens (tertiary/aromatic N) is 2. The zero-order valence-corrected chi connectivity index (χ0v) is 18.6. The number of hydrogen-bond acceptors (Lipinski definition) is 7. The number of anilines is 1. The number of nitrogens with one attached hydrogen (secondary N) is 1. The van der Waals surface area contributed by atoms with Crippen LogP contribution < -0.4 is 14.8 Å². The number of carbonyl (C=O) groups excluding carboxylic acids is 3. The molecule has 0 spiro atoms. The number of rotatable bonds is 5. The number of halogens is 1. The molecule has 0 aliphatic heterocycles. The molecule has 1 heterocycles. The third-order valence-corrected chi connectivity index (χ3v) is 5.50. The summed E-state index contributed by atoms with van der Waals surface area (Å²) in [6, 6.07) is 8.58. The van der Waals surface area contributed by atoms with Crippen LogP contribution in [0.5, 0.6) is 11.5 Å². The van der Waals surface area contributed by atoms with Gasteiger partial charge in [-0.25, -0.2) is 9.55 Å². The van der Waals surface area contributed by atoms with E-state index in [1.54, 1.807) is 24.3 Å². The maximum Gasteiger partial charge on any atom is 0.230 e. The number of fused-ring (bicyclic) bond motifs is 2. The number of allylic oxidation sites excluding steroid dienone is 1. The van der Waals surface area contributed by atoms with Crippen molar-refractivity contribution < 1.29 is 23.9 Å². The Morgan fingerprint density at radius 2 is 1.77 bits per heavy atom. The molecule has 1 aromatic heterocycles. The van der Waals surface area contributed by atoms with Crippen LogP contribution in [0.3, 0.4) is 0 Å². The molecule has 0 amide bonds. The lowest BCUT2D eigenvalue weighted by Gasteiger charge is -2.20. The number of methoxy groups -OCH3 is 2. The lowest BCUT2D eigenvalue weighted by Crippen LogP contribution is -2.24. The Kier molecular flexibility index (Phi) is 5.36. The van der Waals surface area contributed by atoms with Gasteiger partial charge in [0.15, 0.2) is 11.6 Å². The zero-order valence-electron chi connectivity index (χ0n) is 17.0. The molecule has 8 nitrogen and oxygen atoms in total. The molecule has 0 saturated carbocycles. The van der Waals surface area contributed by atoms with E-state index < -0.39 is 0 Å². The van der Waals surface area contributed by atoms with Crippen LogP contribution in [-0.2, 0) is 0 Å². The SMILES string of the molecule is COc1ccc(OC)c2c1C(=O)C=C(CNc1nc3ccc(Br)cc3n1C(C)=O)C2=O. The summed E-state index contributed by atoms with van der Waals surface area (Å²) in [5.74, 6) is -0.0656. The fourth-order valence-corrected chi connectivity index (χ4v) is 3.97. The molecule has 0 atom stereocenters. The second-order valence-corrected chi connectivity index (χ2v) is 7.78. The smallest absolute Gasteiger partial charge is 0.230 e. The molecule has 1 N–H and O–H groups in total. The average Bonchev–Trinajstić information content (AvgIpc) is 3.11. The number of ketones is 2. The highest BCUT2D eigenvalue weighted by molar-refractivity contribution is 9.10. The van der Waals surface area contributed by atoms with E-state index in [2.05, 4.69) is 26.2 Å².